The third-order valence-electron chi connectivity index (χ3n) is 4.00. The molecule has 1 fully saturated rings. The van der Waals surface area contributed by atoms with Gasteiger partial charge in [0.2, 0.25) is 0 Å². The molecule has 0 aromatic carbocycles. The SMILES string of the molecule is CC[C@H](C)N1CC(=O)N(c2cc(C#N)cn2C(C)(C)C)C1=O. The van der Waals surface area contributed by atoms with Crippen LogP contribution in [0.5, 0.6) is 0 Å². The Bertz CT molecular complexity index is 648. The summed E-state index contributed by atoms with van der Waals surface area (Å²) < 4.78 is 1.81. The van der Waals surface area contributed by atoms with Gasteiger partial charge in [-0.05, 0) is 40.2 Å². The zero-order chi connectivity index (χ0) is 16.7. The second-order valence-electron chi connectivity index (χ2n) is 6.64. The van der Waals surface area contributed by atoms with Crippen LogP contribution in [-0.2, 0) is 10.3 Å². The highest BCUT2D eigenvalue weighted by atomic mass is 16.2. The lowest BCUT2D eigenvalue weighted by Gasteiger charge is -2.28. The van der Waals surface area contributed by atoms with Crippen LogP contribution in [0.25, 0.3) is 0 Å². The van der Waals surface area contributed by atoms with Gasteiger partial charge in [0.25, 0.3) is 5.91 Å². The molecule has 22 heavy (non-hydrogen) atoms. The fourth-order valence-corrected chi connectivity index (χ4v) is 2.53. The van der Waals surface area contributed by atoms with Crippen LogP contribution >= 0.6 is 0 Å². The van der Waals surface area contributed by atoms with Crippen molar-refractivity contribution >= 4 is 17.8 Å². The van der Waals surface area contributed by atoms with Crippen molar-refractivity contribution in [3.63, 3.8) is 0 Å². The number of rotatable bonds is 3. The summed E-state index contributed by atoms with van der Waals surface area (Å²) in [6.45, 7) is 9.90. The molecule has 1 aliphatic heterocycles. The predicted octanol–water partition coefficient (Wildman–Crippen LogP) is 2.68. The van der Waals surface area contributed by atoms with Crippen LogP contribution in [0.4, 0.5) is 10.6 Å². The first-order valence-electron chi connectivity index (χ1n) is 7.47. The van der Waals surface area contributed by atoms with E-state index >= 15 is 0 Å². The summed E-state index contributed by atoms with van der Waals surface area (Å²) in [7, 11) is 0. The number of carbonyl (C=O) groups is 2. The van der Waals surface area contributed by atoms with Crippen molar-refractivity contribution in [2.45, 2.75) is 52.6 Å². The highest BCUT2D eigenvalue weighted by Crippen LogP contribution is 2.30. The number of anilines is 1. The number of carbonyl (C=O) groups excluding carboxylic acids is 2. The van der Waals surface area contributed by atoms with Crippen molar-refractivity contribution < 1.29 is 9.59 Å². The van der Waals surface area contributed by atoms with Crippen LogP contribution in [0.15, 0.2) is 12.3 Å². The van der Waals surface area contributed by atoms with E-state index in [0.29, 0.717) is 11.4 Å². The number of nitriles is 1. The van der Waals surface area contributed by atoms with Crippen LogP contribution in [-0.4, -0.2) is 34.0 Å². The minimum absolute atomic E-state index is 0.00920. The lowest BCUT2D eigenvalue weighted by Crippen LogP contribution is -2.39. The number of imide groups is 1. The van der Waals surface area contributed by atoms with Gasteiger partial charge in [-0.25, -0.2) is 9.69 Å². The van der Waals surface area contributed by atoms with E-state index in [0.717, 1.165) is 6.42 Å². The Balaban J connectivity index is 2.48. The smallest absolute Gasteiger partial charge is 0.327 e. The van der Waals surface area contributed by atoms with Crippen molar-refractivity contribution in [2.75, 3.05) is 11.4 Å². The first-order valence-corrected chi connectivity index (χ1v) is 7.47. The first-order chi connectivity index (χ1) is 10.2. The van der Waals surface area contributed by atoms with Crippen LogP contribution in [0.1, 0.15) is 46.6 Å². The van der Waals surface area contributed by atoms with Crippen LogP contribution < -0.4 is 4.90 Å². The maximum absolute atomic E-state index is 12.6. The van der Waals surface area contributed by atoms with E-state index < -0.39 is 0 Å². The van der Waals surface area contributed by atoms with Crippen LogP contribution in [0.2, 0.25) is 0 Å². The van der Waals surface area contributed by atoms with Crippen molar-refractivity contribution in [2.24, 2.45) is 0 Å². The molecule has 0 aliphatic carbocycles. The molecule has 2 rings (SSSR count). The third-order valence-corrected chi connectivity index (χ3v) is 4.00. The summed E-state index contributed by atoms with van der Waals surface area (Å²) in [6.07, 6.45) is 2.47. The molecule has 0 spiro atoms. The highest BCUT2D eigenvalue weighted by Gasteiger charge is 2.41. The van der Waals surface area contributed by atoms with Gasteiger partial charge in [-0.15, -0.1) is 0 Å². The number of amides is 3. The largest absolute Gasteiger partial charge is 0.333 e. The molecule has 1 aromatic rings. The standard InChI is InChI=1S/C16H22N4O2/c1-6-11(2)18-10-14(21)20(15(18)22)13-7-12(8-17)9-19(13)16(3,4)5/h7,9,11H,6,10H2,1-5H3/t11-/m0/s1. The molecule has 1 aliphatic rings. The molecule has 2 heterocycles. The molecule has 3 amide bonds. The van der Waals surface area contributed by atoms with Crippen LogP contribution in [0.3, 0.4) is 0 Å². The molecule has 0 N–H and O–H groups in total. The minimum Gasteiger partial charge on any atom is -0.327 e. The van der Waals surface area contributed by atoms with E-state index in [1.165, 1.54) is 4.90 Å². The van der Waals surface area contributed by atoms with Crippen molar-refractivity contribution in [1.82, 2.24) is 9.47 Å². The number of hydrogen-bond donors (Lipinski definition) is 0. The van der Waals surface area contributed by atoms with Crippen molar-refractivity contribution in [1.29, 1.82) is 5.26 Å². The number of aromatic nitrogens is 1. The average molecular weight is 302 g/mol. The van der Waals surface area contributed by atoms with Gasteiger partial charge in [-0.1, -0.05) is 6.92 Å². The van der Waals surface area contributed by atoms with Gasteiger partial charge < -0.3 is 9.47 Å². The monoisotopic (exact) mass is 302 g/mol. The van der Waals surface area contributed by atoms with Gasteiger partial charge in [0.05, 0.1) is 5.56 Å². The third kappa shape index (κ3) is 2.59. The van der Waals surface area contributed by atoms with Crippen molar-refractivity contribution in [3.05, 3.63) is 17.8 Å². The Labute approximate surface area is 130 Å². The van der Waals surface area contributed by atoms with Gasteiger partial charge in [-0.3, -0.25) is 4.79 Å². The Kier molecular flexibility index (Phi) is 4.01. The molecular weight excluding hydrogens is 280 g/mol. The Morgan fingerprint density at radius 2 is 2.00 bits per heavy atom. The molecule has 1 saturated heterocycles. The zero-order valence-corrected chi connectivity index (χ0v) is 13.8. The highest BCUT2D eigenvalue weighted by molar-refractivity contribution is 6.19. The molecule has 118 valence electrons. The van der Waals surface area contributed by atoms with E-state index in [-0.39, 0.29) is 30.1 Å². The average Bonchev–Trinajstić information content (AvgIpc) is 2.98. The van der Waals surface area contributed by atoms with Gasteiger partial charge in [0, 0.05) is 17.8 Å². The number of nitrogens with zero attached hydrogens (tertiary/aromatic N) is 4. The number of hydrogen-bond acceptors (Lipinski definition) is 3. The second kappa shape index (κ2) is 5.48. The Hall–Kier alpha value is -2.29. The fourth-order valence-electron chi connectivity index (χ4n) is 2.53. The summed E-state index contributed by atoms with van der Waals surface area (Å²) in [6, 6.07) is 3.37. The molecular formula is C16H22N4O2. The molecule has 6 heteroatoms. The summed E-state index contributed by atoms with van der Waals surface area (Å²) >= 11 is 0. The van der Waals surface area contributed by atoms with Gasteiger partial charge in [0.1, 0.15) is 18.4 Å². The van der Waals surface area contributed by atoms with Gasteiger partial charge in [0.15, 0.2) is 0 Å². The molecule has 6 nitrogen and oxygen atoms in total. The molecule has 0 radical (unpaired) electrons. The van der Waals surface area contributed by atoms with Crippen LogP contribution in [0, 0.1) is 11.3 Å². The maximum Gasteiger partial charge on any atom is 0.333 e. The second-order valence-corrected chi connectivity index (χ2v) is 6.64. The fraction of sp³-hybridized carbons (Fsp3) is 0.562. The molecule has 0 bridgehead atoms. The lowest BCUT2D eigenvalue weighted by atomic mass is 10.1. The van der Waals surface area contributed by atoms with Gasteiger partial charge in [-0.2, -0.15) is 5.26 Å². The quantitative estimate of drug-likeness (QED) is 0.806. The van der Waals surface area contributed by atoms with Gasteiger partial charge >= 0.3 is 6.03 Å². The normalized spacial score (nSPS) is 17.1. The Morgan fingerprint density at radius 3 is 2.50 bits per heavy atom. The van der Waals surface area contributed by atoms with E-state index in [4.69, 9.17) is 5.26 Å². The van der Waals surface area contributed by atoms with E-state index in [1.807, 2.05) is 39.2 Å². The maximum atomic E-state index is 12.6. The zero-order valence-electron chi connectivity index (χ0n) is 13.8. The summed E-state index contributed by atoms with van der Waals surface area (Å²) in [4.78, 5) is 27.8. The predicted molar refractivity (Wildman–Crippen MR) is 83.5 cm³/mol. The van der Waals surface area contributed by atoms with E-state index in [2.05, 4.69) is 6.07 Å². The molecule has 0 unspecified atom stereocenters. The lowest BCUT2D eigenvalue weighted by molar-refractivity contribution is -0.116. The summed E-state index contributed by atoms with van der Waals surface area (Å²) in [5.74, 6) is 0.211. The Morgan fingerprint density at radius 1 is 1.36 bits per heavy atom. The topological polar surface area (TPSA) is 69.3 Å². The van der Waals surface area contributed by atoms with Crippen molar-refractivity contribution in [3.8, 4) is 6.07 Å². The molecule has 1 aromatic heterocycles. The summed E-state index contributed by atoms with van der Waals surface area (Å²) in [5, 5.41) is 9.13. The first kappa shape index (κ1) is 16.1. The summed E-state index contributed by atoms with van der Waals surface area (Å²) in [5.41, 5.74) is 0.0990. The van der Waals surface area contributed by atoms with E-state index in [9.17, 15) is 9.59 Å². The molecule has 1 atom stereocenters. The molecule has 0 saturated carbocycles. The number of urea groups is 1. The van der Waals surface area contributed by atoms with E-state index in [1.54, 1.807) is 17.2 Å². The minimum atomic E-state index is -0.339.